The Morgan fingerprint density at radius 3 is 2.14 bits per heavy atom. The zero-order valence-corrected chi connectivity index (χ0v) is 15.8. The highest BCUT2D eigenvalue weighted by atomic mass is 32.2. The molecule has 1 fully saturated rings. The number of anilines is 1. The summed E-state index contributed by atoms with van der Waals surface area (Å²) in [7, 11) is 0. The van der Waals surface area contributed by atoms with Crippen molar-refractivity contribution in [2.45, 2.75) is 0 Å². The summed E-state index contributed by atoms with van der Waals surface area (Å²) >= 11 is 5.79. The molecule has 0 unspecified atom stereocenters. The van der Waals surface area contributed by atoms with Crippen molar-refractivity contribution in [3.05, 3.63) is 54.0 Å². The molecular weight excluding hydrogens is 406 g/mol. The van der Waals surface area contributed by atoms with Crippen molar-refractivity contribution in [3.8, 4) is 0 Å². The van der Waals surface area contributed by atoms with Gasteiger partial charge in [-0.1, -0.05) is 55.3 Å². The lowest BCUT2D eigenvalue weighted by atomic mass is 10.2. The summed E-state index contributed by atoms with van der Waals surface area (Å²) < 4.78 is 0.257. The van der Waals surface area contributed by atoms with Gasteiger partial charge in [0.05, 0.1) is 16.2 Å². The fraction of sp³-hybridized carbons (Fsp3) is 0.0588. The maximum atomic E-state index is 11.7. The van der Waals surface area contributed by atoms with Crippen LogP contribution in [-0.2, 0) is 19.2 Å². The van der Waals surface area contributed by atoms with Gasteiger partial charge < -0.3 is 10.2 Å². The molecule has 0 saturated carbocycles. The molecule has 1 aromatic carbocycles. The van der Waals surface area contributed by atoms with E-state index in [0.717, 1.165) is 21.7 Å². The Morgan fingerprint density at radius 2 is 1.71 bits per heavy atom. The van der Waals surface area contributed by atoms with Gasteiger partial charge >= 0.3 is 11.9 Å². The van der Waals surface area contributed by atoms with E-state index in [1.165, 1.54) is 0 Å². The lowest BCUT2D eigenvalue weighted by Gasteiger charge is -2.10. The Labute approximate surface area is 168 Å². The highest BCUT2D eigenvalue weighted by Gasteiger charge is 2.33. The number of thioether (sulfide) groups is 1. The van der Waals surface area contributed by atoms with Crippen molar-refractivity contribution < 1.29 is 29.4 Å². The minimum Gasteiger partial charge on any atom is -0.480 e. The maximum absolute atomic E-state index is 11.7. The van der Waals surface area contributed by atoms with Gasteiger partial charge in [-0.3, -0.25) is 19.3 Å². The lowest BCUT2D eigenvalue weighted by molar-refractivity contribution is -0.140. The van der Waals surface area contributed by atoms with E-state index < -0.39 is 23.8 Å². The topological polar surface area (TPSA) is 128 Å². The number of nitrogens with zero attached hydrogens (tertiary/aromatic N) is 3. The molecule has 28 heavy (non-hydrogen) atoms. The third kappa shape index (κ3) is 4.50. The van der Waals surface area contributed by atoms with Crippen molar-refractivity contribution in [3.63, 3.8) is 0 Å². The first-order valence-corrected chi connectivity index (χ1v) is 8.71. The summed E-state index contributed by atoms with van der Waals surface area (Å²) in [5, 5.41) is 22.0. The van der Waals surface area contributed by atoms with Crippen molar-refractivity contribution in [2.24, 2.45) is 5.10 Å². The molecule has 2 N–H and O–H groups in total. The number of para-hydroxylation sites is 1. The van der Waals surface area contributed by atoms with E-state index >= 15 is 0 Å². The van der Waals surface area contributed by atoms with E-state index in [1.54, 1.807) is 30.3 Å². The highest BCUT2D eigenvalue weighted by molar-refractivity contribution is 8.26. The summed E-state index contributed by atoms with van der Waals surface area (Å²) in [4.78, 5) is 45.1. The molecule has 0 spiro atoms. The number of aliphatic carboxylic acids is 2. The Bertz CT molecular complexity index is 941. The molecule has 1 aromatic rings. The average molecular weight is 419 g/mol. The van der Waals surface area contributed by atoms with E-state index in [2.05, 4.69) is 18.3 Å². The number of benzene rings is 1. The third-order valence-corrected chi connectivity index (χ3v) is 4.63. The molecule has 144 valence electrons. The number of carboxylic acids is 2. The fourth-order valence-corrected chi connectivity index (χ4v) is 3.18. The van der Waals surface area contributed by atoms with Crippen LogP contribution in [0.3, 0.4) is 0 Å². The predicted molar refractivity (Wildman–Crippen MR) is 107 cm³/mol. The molecule has 1 saturated heterocycles. The predicted octanol–water partition coefficient (Wildman–Crippen LogP) is 1.48. The van der Waals surface area contributed by atoms with Crippen LogP contribution >= 0.6 is 24.0 Å². The summed E-state index contributed by atoms with van der Waals surface area (Å²) in [6.45, 7) is 6.46. The zero-order valence-electron chi connectivity index (χ0n) is 14.2. The first-order valence-electron chi connectivity index (χ1n) is 7.48. The molecule has 2 heterocycles. The van der Waals surface area contributed by atoms with Crippen molar-refractivity contribution in [1.82, 2.24) is 4.90 Å². The van der Waals surface area contributed by atoms with Crippen LogP contribution in [0.1, 0.15) is 0 Å². The first kappa shape index (κ1) is 21.0. The fourth-order valence-electron chi connectivity index (χ4n) is 2.06. The normalized spacial score (nSPS) is 16.1. The van der Waals surface area contributed by atoms with Gasteiger partial charge in [-0.2, -0.15) is 10.1 Å². The molecule has 9 nitrogen and oxygen atoms in total. The van der Waals surface area contributed by atoms with E-state index in [0.29, 0.717) is 5.69 Å². The molecule has 2 amide bonds. The van der Waals surface area contributed by atoms with Gasteiger partial charge in [0, 0.05) is 0 Å². The summed E-state index contributed by atoms with van der Waals surface area (Å²) in [6, 6.07) is 8.60. The summed E-state index contributed by atoms with van der Waals surface area (Å²) in [5.41, 5.74) is 0.107. The van der Waals surface area contributed by atoms with Crippen LogP contribution in [0.25, 0.3) is 0 Å². The van der Waals surface area contributed by atoms with Crippen LogP contribution in [0.15, 0.2) is 59.1 Å². The number of amides is 2. The standard InChI is InChI=1S/C11H8N2O3.C6H5NO3S2/c1-7-9(11(15)16)12-13(10(7)14)8-5-3-2-4-6-8;1-3-5(10)7(2-4(8)9)6(11)12-3/h2-6H,1H2,(H,15,16);1-2H2,(H,8,9). The molecule has 0 radical (unpaired) electrons. The van der Waals surface area contributed by atoms with Crippen molar-refractivity contribution in [1.29, 1.82) is 0 Å². The molecule has 0 bridgehead atoms. The largest absolute Gasteiger partial charge is 0.480 e. The van der Waals surface area contributed by atoms with E-state index in [1.807, 2.05) is 0 Å². The Morgan fingerprint density at radius 1 is 1.11 bits per heavy atom. The Hall–Kier alpha value is -3.31. The molecule has 2 aliphatic rings. The molecule has 0 aromatic heterocycles. The average Bonchev–Trinajstić information content (AvgIpc) is 3.07. The SMILES string of the molecule is C=C1C(=O)N(c2ccccc2)N=C1C(=O)O.C=C1SC(=S)N(CC(=O)O)C1=O. The second-order valence-electron chi connectivity index (χ2n) is 5.26. The molecule has 2 aliphatic heterocycles. The number of hydrogen-bond acceptors (Lipinski definition) is 7. The molecule has 0 atom stereocenters. The Balaban J connectivity index is 0.000000209. The zero-order chi connectivity index (χ0) is 21.0. The van der Waals surface area contributed by atoms with E-state index in [9.17, 15) is 19.2 Å². The summed E-state index contributed by atoms with van der Waals surface area (Å²) in [5.74, 6) is -3.26. The van der Waals surface area contributed by atoms with Crippen LogP contribution < -0.4 is 5.01 Å². The van der Waals surface area contributed by atoms with Gasteiger partial charge in [0.1, 0.15) is 10.9 Å². The van der Waals surface area contributed by atoms with Crippen LogP contribution in [0.4, 0.5) is 5.69 Å². The van der Waals surface area contributed by atoms with Gasteiger partial charge in [-0.05, 0) is 12.1 Å². The molecule has 3 rings (SSSR count). The smallest absolute Gasteiger partial charge is 0.357 e. The van der Waals surface area contributed by atoms with Crippen molar-refractivity contribution in [2.75, 3.05) is 11.6 Å². The Kier molecular flexibility index (Phi) is 6.44. The van der Waals surface area contributed by atoms with Crippen LogP contribution in [0.5, 0.6) is 0 Å². The molecular formula is C17H13N3O6S2. The number of rotatable bonds is 4. The number of hydrogen-bond donors (Lipinski definition) is 2. The van der Waals surface area contributed by atoms with Gasteiger partial charge in [0.15, 0.2) is 5.71 Å². The first-order chi connectivity index (χ1) is 13.1. The maximum Gasteiger partial charge on any atom is 0.357 e. The third-order valence-electron chi connectivity index (χ3n) is 3.35. The molecule has 11 heteroatoms. The lowest BCUT2D eigenvalue weighted by Crippen LogP contribution is -2.33. The van der Waals surface area contributed by atoms with Crippen LogP contribution in [-0.4, -0.2) is 55.4 Å². The van der Waals surface area contributed by atoms with E-state index in [4.69, 9.17) is 22.4 Å². The van der Waals surface area contributed by atoms with Crippen LogP contribution in [0, 0.1) is 0 Å². The number of carbonyl (C=O) groups excluding carboxylic acids is 2. The van der Waals surface area contributed by atoms with Gasteiger partial charge in [-0.25, -0.2) is 4.79 Å². The minimum absolute atomic E-state index is 0.101. The van der Waals surface area contributed by atoms with Gasteiger partial charge in [0.25, 0.3) is 11.8 Å². The molecule has 0 aliphatic carbocycles. The van der Waals surface area contributed by atoms with Gasteiger partial charge in [0.2, 0.25) is 0 Å². The number of thiocarbonyl (C=S) groups is 1. The monoisotopic (exact) mass is 419 g/mol. The van der Waals surface area contributed by atoms with Crippen molar-refractivity contribution >= 4 is 63.5 Å². The van der Waals surface area contributed by atoms with Crippen LogP contribution in [0.2, 0.25) is 0 Å². The van der Waals surface area contributed by atoms with Gasteiger partial charge in [-0.15, -0.1) is 0 Å². The second-order valence-corrected chi connectivity index (χ2v) is 6.99. The van der Waals surface area contributed by atoms with E-state index in [-0.39, 0.29) is 27.1 Å². The number of carbonyl (C=O) groups is 4. The number of carboxylic acid groups (broad SMARTS) is 2. The summed E-state index contributed by atoms with van der Waals surface area (Å²) in [6.07, 6.45) is 0. The quantitative estimate of drug-likeness (QED) is 0.555. The number of hydrazone groups is 1. The highest BCUT2D eigenvalue weighted by Crippen LogP contribution is 2.28. The second kappa shape index (κ2) is 8.59. The minimum atomic E-state index is -1.25.